The molecule has 5 nitrogen and oxygen atoms in total. The van der Waals surface area contributed by atoms with Crippen LogP contribution in [0.2, 0.25) is 0 Å². The Morgan fingerprint density at radius 1 is 1.04 bits per heavy atom. The number of rotatable bonds is 6. The second-order valence-electron chi connectivity index (χ2n) is 8.25. The molecule has 27 heavy (non-hydrogen) atoms. The first-order valence-electron chi connectivity index (χ1n) is 10.5. The van der Waals surface area contributed by atoms with E-state index in [9.17, 15) is 4.79 Å². The lowest BCUT2D eigenvalue weighted by Gasteiger charge is -2.39. The number of likely N-dealkylation sites (tertiary alicyclic amines) is 2. The lowest BCUT2D eigenvalue weighted by Crippen LogP contribution is -2.47. The van der Waals surface area contributed by atoms with E-state index in [1.54, 1.807) is 0 Å². The van der Waals surface area contributed by atoms with E-state index in [-0.39, 0.29) is 12.5 Å². The average molecular weight is 369 g/mol. The molecule has 0 unspecified atom stereocenters. The van der Waals surface area contributed by atoms with Crippen LogP contribution in [0.3, 0.4) is 0 Å². The van der Waals surface area contributed by atoms with Crippen LogP contribution < -0.4 is 5.73 Å². The number of fused-ring (bicyclic) bond motifs is 1. The molecule has 2 aromatic rings. The molecule has 0 bridgehead atoms. The summed E-state index contributed by atoms with van der Waals surface area (Å²) in [6.45, 7) is 6.13. The molecule has 5 heteroatoms. The molecule has 2 saturated heterocycles. The first-order chi connectivity index (χ1) is 13.2. The largest absolute Gasteiger partial charge is 0.368 e. The summed E-state index contributed by atoms with van der Waals surface area (Å²) in [6.07, 6.45) is 10.2. The molecular formula is C22H32N4O. The lowest BCUT2D eigenvalue weighted by molar-refractivity contribution is -0.118. The van der Waals surface area contributed by atoms with Crippen molar-refractivity contribution in [2.24, 2.45) is 5.73 Å². The number of aromatic nitrogens is 1. The van der Waals surface area contributed by atoms with Crippen molar-refractivity contribution in [3.63, 3.8) is 0 Å². The van der Waals surface area contributed by atoms with Gasteiger partial charge in [-0.25, -0.2) is 0 Å². The van der Waals surface area contributed by atoms with Crippen LogP contribution in [0, 0.1) is 0 Å². The fourth-order valence-electron chi connectivity index (χ4n) is 4.88. The van der Waals surface area contributed by atoms with Crippen molar-refractivity contribution in [2.45, 2.75) is 57.7 Å². The number of primary amides is 1. The van der Waals surface area contributed by atoms with Gasteiger partial charge in [0.1, 0.15) is 6.54 Å². The van der Waals surface area contributed by atoms with Crippen molar-refractivity contribution in [1.29, 1.82) is 0 Å². The molecule has 2 aliphatic heterocycles. The first-order valence-corrected chi connectivity index (χ1v) is 10.5. The van der Waals surface area contributed by atoms with Gasteiger partial charge >= 0.3 is 0 Å². The van der Waals surface area contributed by atoms with Crippen LogP contribution >= 0.6 is 0 Å². The number of carbonyl (C=O) groups is 1. The lowest BCUT2D eigenvalue weighted by atomic mass is 9.99. The number of carbonyl (C=O) groups excluding carboxylic acids is 1. The number of hydrogen-bond acceptors (Lipinski definition) is 3. The number of benzene rings is 1. The molecule has 1 aromatic carbocycles. The third-order valence-electron chi connectivity index (χ3n) is 6.24. The highest BCUT2D eigenvalue weighted by molar-refractivity contribution is 5.85. The molecule has 1 amide bonds. The minimum absolute atomic E-state index is 0.248. The summed E-state index contributed by atoms with van der Waals surface area (Å²) in [4.78, 5) is 16.8. The quantitative estimate of drug-likeness (QED) is 0.853. The van der Waals surface area contributed by atoms with E-state index >= 15 is 0 Å². The van der Waals surface area contributed by atoms with Gasteiger partial charge in [0, 0.05) is 36.2 Å². The van der Waals surface area contributed by atoms with Gasteiger partial charge in [0.25, 0.3) is 0 Å². The standard InChI is InChI=1S/C22H32N4O/c23-22(27)17-26-15-18(20-9-2-3-10-21(20)26)14-25-13-7-4-8-19(25)16-24-11-5-1-6-12-24/h2-3,9-10,15,19H,1,4-8,11-14,16-17H2,(H2,23,27)/t19-/m1/s1. The van der Waals surface area contributed by atoms with Gasteiger partial charge in [-0.15, -0.1) is 0 Å². The zero-order chi connectivity index (χ0) is 18.6. The highest BCUT2D eigenvalue weighted by Gasteiger charge is 2.26. The highest BCUT2D eigenvalue weighted by atomic mass is 16.1. The summed E-state index contributed by atoms with van der Waals surface area (Å²) in [7, 11) is 0. The normalized spacial score (nSPS) is 22.3. The van der Waals surface area contributed by atoms with Crippen molar-refractivity contribution >= 4 is 16.8 Å². The molecular weight excluding hydrogens is 336 g/mol. The third-order valence-corrected chi connectivity index (χ3v) is 6.24. The minimum Gasteiger partial charge on any atom is -0.368 e. The summed E-state index contributed by atoms with van der Waals surface area (Å²) in [6, 6.07) is 9.02. The zero-order valence-electron chi connectivity index (χ0n) is 16.3. The fourth-order valence-corrected chi connectivity index (χ4v) is 4.88. The van der Waals surface area contributed by atoms with E-state index in [4.69, 9.17) is 5.73 Å². The summed E-state index contributed by atoms with van der Waals surface area (Å²) in [5.74, 6) is -0.289. The van der Waals surface area contributed by atoms with Crippen molar-refractivity contribution in [2.75, 3.05) is 26.2 Å². The van der Waals surface area contributed by atoms with Crippen molar-refractivity contribution < 1.29 is 4.79 Å². The Hall–Kier alpha value is -1.85. The molecule has 3 heterocycles. The van der Waals surface area contributed by atoms with Crippen LogP contribution in [0.15, 0.2) is 30.5 Å². The van der Waals surface area contributed by atoms with E-state index in [2.05, 4.69) is 34.2 Å². The monoisotopic (exact) mass is 368 g/mol. The van der Waals surface area contributed by atoms with Gasteiger partial charge in [0.2, 0.25) is 5.91 Å². The Morgan fingerprint density at radius 2 is 1.81 bits per heavy atom. The van der Waals surface area contributed by atoms with E-state index in [1.165, 1.54) is 75.7 Å². The fraction of sp³-hybridized carbons (Fsp3) is 0.591. The second-order valence-corrected chi connectivity index (χ2v) is 8.25. The molecule has 1 atom stereocenters. The number of amides is 1. The van der Waals surface area contributed by atoms with Crippen LogP contribution in [0.1, 0.15) is 44.1 Å². The van der Waals surface area contributed by atoms with E-state index < -0.39 is 0 Å². The molecule has 0 radical (unpaired) electrons. The first kappa shape index (κ1) is 18.5. The van der Waals surface area contributed by atoms with Crippen molar-refractivity contribution in [3.05, 3.63) is 36.0 Å². The second kappa shape index (κ2) is 8.44. The number of para-hydroxylation sites is 1. The van der Waals surface area contributed by atoms with Crippen molar-refractivity contribution in [3.8, 4) is 0 Å². The predicted octanol–water partition coefficient (Wildman–Crippen LogP) is 2.97. The number of nitrogens with two attached hydrogens (primary N) is 1. The maximum absolute atomic E-state index is 11.5. The van der Waals surface area contributed by atoms with E-state index in [0.29, 0.717) is 6.04 Å². The van der Waals surface area contributed by atoms with Gasteiger partial charge in [-0.1, -0.05) is 31.0 Å². The van der Waals surface area contributed by atoms with E-state index in [1.807, 2.05) is 10.6 Å². The molecule has 2 aliphatic rings. The van der Waals surface area contributed by atoms with Crippen LogP contribution in [-0.4, -0.2) is 52.5 Å². The Labute approximate surface area is 162 Å². The average Bonchev–Trinajstić information content (AvgIpc) is 3.01. The maximum atomic E-state index is 11.5. The molecule has 0 spiro atoms. The minimum atomic E-state index is -0.289. The Bertz CT molecular complexity index is 778. The van der Waals surface area contributed by atoms with Gasteiger partial charge < -0.3 is 15.2 Å². The Balaban J connectivity index is 1.53. The van der Waals surface area contributed by atoms with Gasteiger partial charge in [0.15, 0.2) is 0 Å². The van der Waals surface area contributed by atoms with Gasteiger partial charge in [-0.2, -0.15) is 0 Å². The SMILES string of the molecule is NC(=O)Cn1cc(CN2CCCC[C@@H]2CN2CCCCC2)c2ccccc21. The van der Waals surface area contributed by atoms with Crippen LogP contribution in [0.5, 0.6) is 0 Å². The molecule has 0 aliphatic carbocycles. The topological polar surface area (TPSA) is 54.5 Å². The highest BCUT2D eigenvalue weighted by Crippen LogP contribution is 2.27. The third kappa shape index (κ3) is 4.36. The van der Waals surface area contributed by atoms with Crippen LogP contribution in [-0.2, 0) is 17.9 Å². The van der Waals surface area contributed by atoms with Gasteiger partial charge in [0.05, 0.1) is 0 Å². The number of nitrogens with zero attached hydrogens (tertiary/aromatic N) is 3. The summed E-state index contributed by atoms with van der Waals surface area (Å²) < 4.78 is 2.01. The molecule has 146 valence electrons. The van der Waals surface area contributed by atoms with Crippen molar-refractivity contribution in [1.82, 2.24) is 14.4 Å². The van der Waals surface area contributed by atoms with Crippen LogP contribution in [0.25, 0.3) is 10.9 Å². The summed E-state index contributed by atoms with van der Waals surface area (Å²) >= 11 is 0. The molecule has 4 rings (SSSR count). The Kier molecular flexibility index (Phi) is 5.79. The predicted molar refractivity (Wildman–Crippen MR) is 109 cm³/mol. The van der Waals surface area contributed by atoms with Gasteiger partial charge in [-0.05, 0) is 56.9 Å². The number of piperidine rings is 2. The number of hydrogen-bond donors (Lipinski definition) is 1. The molecule has 0 saturated carbocycles. The van der Waals surface area contributed by atoms with Gasteiger partial charge in [-0.3, -0.25) is 9.69 Å². The van der Waals surface area contributed by atoms with E-state index in [0.717, 1.165) is 12.1 Å². The summed E-state index contributed by atoms with van der Waals surface area (Å²) in [5.41, 5.74) is 7.88. The molecule has 1 aromatic heterocycles. The van der Waals surface area contributed by atoms with Crippen LogP contribution in [0.4, 0.5) is 0 Å². The molecule has 2 fully saturated rings. The Morgan fingerprint density at radius 3 is 2.63 bits per heavy atom. The summed E-state index contributed by atoms with van der Waals surface area (Å²) in [5, 5.41) is 1.25. The maximum Gasteiger partial charge on any atom is 0.237 e. The smallest absolute Gasteiger partial charge is 0.237 e. The zero-order valence-corrected chi connectivity index (χ0v) is 16.3. The molecule has 2 N–H and O–H groups in total.